The summed E-state index contributed by atoms with van der Waals surface area (Å²) in [7, 11) is 9.06. The summed E-state index contributed by atoms with van der Waals surface area (Å²) >= 11 is 0. The van der Waals surface area contributed by atoms with Crippen molar-refractivity contribution in [3.8, 4) is 0 Å². The second-order valence-electron chi connectivity index (χ2n) is 5.97. The summed E-state index contributed by atoms with van der Waals surface area (Å²) in [5.41, 5.74) is 0. The SMILES string of the molecule is C.CO[C@@H](C)[C@H]1CCN(P)C1.CO[C@H](C)[C@H]1CCN(P)C1. The van der Waals surface area contributed by atoms with E-state index in [9.17, 15) is 0 Å². The van der Waals surface area contributed by atoms with Crippen LogP contribution in [0.3, 0.4) is 0 Å². The second-order valence-corrected chi connectivity index (χ2v) is 7.43. The molecule has 2 heterocycles. The monoisotopic (exact) mass is 338 g/mol. The number of methoxy groups -OCH3 is 2. The zero-order valence-electron chi connectivity index (χ0n) is 13.4. The van der Waals surface area contributed by atoms with E-state index in [1.54, 1.807) is 14.2 Å². The molecule has 0 aromatic heterocycles. The minimum Gasteiger partial charge on any atom is -0.381 e. The zero-order chi connectivity index (χ0) is 15.1. The van der Waals surface area contributed by atoms with E-state index in [4.69, 9.17) is 9.47 Å². The van der Waals surface area contributed by atoms with E-state index >= 15 is 0 Å². The van der Waals surface area contributed by atoms with Gasteiger partial charge in [-0.15, -0.1) is 0 Å². The molecule has 2 fully saturated rings. The van der Waals surface area contributed by atoms with Gasteiger partial charge in [-0.25, -0.2) is 0 Å². The molecule has 4 nitrogen and oxygen atoms in total. The summed E-state index contributed by atoms with van der Waals surface area (Å²) in [4.78, 5) is 0. The second kappa shape index (κ2) is 11.3. The lowest BCUT2D eigenvalue weighted by molar-refractivity contribution is 0.0724. The van der Waals surface area contributed by atoms with Crippen molar-refractivity contribution in [2.24, 2.45) is 11.8 Å². The van der Waals surface area contributed by atoms with Crippen molar-refractivity contribution in [2.75, 3.05) is 40.4 Å². The van der Waals surface area contributed by atoms with Gasteiger partial charge >= 0.3 is 0 Å². The van der Waals surface area contributed by atoms with Crippen molar-refractivity contribution in [3.05, 3.63) is 0 Å². The van der Waals surface area contributed by atoms with Crippen LogP contribution in [-0.2, 0) is 9.47 Å². The molecule has 6 heteroatoms. The smallest absolute Gasteiger partial charge is 0.0584 e. The largest absolute Gasteiger partial charge is 0.381 e. The molecule has 0 bridgehead atoms. The first kappa shape index (κ1) is 21.7. The van der Waals surface area contributed by atoms with Gasteiger partial charge in [0.2, 0.25) is 0 Å². The van der Waals surface area contributed by atoms with Crippen LogP contribution in [0.15, 0.2) is 0 Å². The van der Waals surface area contributed by atoms with Crippen molar-refractivity contribution in [1.29, 1.82) is 0 Å². The van der Waals surface area contributed by atoms with Gasteiger partial charge in [0.25, 0.3) is 0 Å². The maximum Gasteiger partial charge on any atom is 0.0584 e. The van der Waals surface area contributed by atoms with Crippen LogP contribution >= 0.6 is 18.8 Å². The topological polar surface area (TPSA) is 24.9 Å². The van der Waals surface area contributed by atoms with Gasteiger partial charge in [-0.05, 0) is 38.5 Å². The zero-order valence-corrected chi connectivity index (χ0v) is 15.7. The third-order valence-electron chi connectivity index (χ3n) is 4.58. The van der Waals surface area contributed by atoms with Crippen LogP contribution in [0.2, 0.25) is 0 Å². The molecule has 0 radical (unpaired) electrons. The van der Waals surface area contributed by atoms with Crippen LogP contribution in [0.25, 0.3) is 0 Å². The molecule has 21 heavy (non-hydrogen) atoms. The van der Waals surface area contributed by atoms with Crippen LogP contribution in [0.4, 0.5) is 0 Å². The predicted octanol–water partition coefficient (Wildman–Crippen LogP) is 2.90. The molecular formula is C15H36N2O2P2. The quantitative estimate of drug-likeness (QED) is 0.736. The summed E-state index contributed by atoms with van der Waals surface area (Å²) in [6, 6.07) is 0. The van der Waals surface area contributed by atoms with E-state index in [-0.39, 0.29) is 7.43 Å². The first-order valence-corrected chi connectivity index (χ1v) is 8.56. The van der Waals surface area contributed by atoms with Gasteiger partial charge < -0.3 is 9.47 Å². The first-order chi connectivity index (χ1) is 9.47. The Bertz CT molecular complexity index is 246. The third-order valence-corrected chi connectivity index (χ3v) is 5.52. The molecule has 128 valence electrons. The van der Waals surface area contributed by atoms with Crippen LogP contribution in [-0.4, -0.2) is 61.9 Å². The molecule has 0 aromatic rings. The highest BCUT2D eigenvalue weighted by Gasteiger charge is 2.25. The molecule has 2 aliphatic rings. The Balaban J connectivity index is 0.000000364. The van der Waals surface area contributed by atoms with Gasteiger partial charge in [-0.1, -0.05) is 26.2 Å². The molecule has 0 N–H and O–H groups in total. The minimum absolute atomic E-state index is 0. The average Bonchev–Trinajstić information content (AvgIpc) is 3.06. The molecule has 0 aliphatic carbocycles. The highest BCUT2D eigenvalue weighted by atomic mass is 31.0. The molecule has 2 rings (SSSR count). The van der Waals surface area contributed by atoms with Crippen molar-refractivity contribution >= 4 is 18.8 Å². The summed E-state index contributed by atoms with van der Waals surface area (Å²) in [6.07, 6.45) is 3.40. The Morgan fingerprint density at radius 2 is 1.19 bits per heavy atom. The van der Waals surface area contributed by atoms with E-state index in [0.29, 0.717) is 12.2 Å². The van der Waals surface area contributed by atoms with E-state index in [2.05, 4.69) is 42.0 Å². The summed E-state index contributed by atoms with van der Waals surface area (Å²) in [5.74, 6) is 1.48. The lowest BCUT2D eigenvalue weighted by atomic mass is 10.0. The number of hydrogen-bond donors (Lipinski definition) is 0. The van der Waals surface area contributed by atoms with Gasteiger partial charge in [0.1, 0.15) is 0 Å². The lowest BCUT2D eigenvalue weighted by Gasteiger charge is -2.16. The average molecular weight is 338 g/mol. The van der Waals surface area contributed by atoms with Gasteiger partial charge in [0.15, 0.2) is 0 Å². The molecule has 6 atom stereocenters. The highest BCUT2D eigenvalue weighted by Crippen LogP contribution is 2.23. The maximum atomic E-state index is 5.25. The molecule has 0 aromatic carbocycles. The number of hydrogen-bond acceptors (Lipinski definition) is 4. The van der Waals surface area contributed by atoms with Gasteiger partial charge in [-0.2, -0.15) is 0 Å². The molecular weight excluding hydrogens is 302 g/mol. The van der Waals surface area contributed by atoms with Crippen LogP contribution < -0.4 is 0 Å². The fraction of sp³-hybridized carbons (Fsp3) is 1.00. The van der Waals surface area contributed by atoms with Crippen molar-refractivity contribution < 1.29 is 9.47 Å². The minimum atomic E-state index is 0. The predicted molar refractivity (Wildman–Crippen MR) is 98.5 cm³/mol. The van der Waals surface area contributed by atoms with Crippen LogP contribution in [0, 0.1) is 11.8 Å². The Morgan fingerprint density at radius 1 is 0.857 bits per heavy atom. The van der Waals surface area contributed by atoms with Crippen LogP contribution in [0.1, 0.15) is 34.1 Å². The fourth-order valence-electron chi connectivity index (χ4n) is 2.78. The normalized spacial score (nSPS) is 29.4. The molecule has 0 spiro atoms. The van der Waals surface area contributed by atoms with Crippen molar-refractivity contribution in [1.82, 2.24) is 9.34 Å². The Hall–Kier alpha value is 0.700. The number of ether oxygens (including phenoxy) is 2. The van der Waals surface area contributed by atoms with Gasteiger partial charge in [0.05, 0.1) is 12.2 Å². The lowest BCUT2D eigenvalue weighted by Crippen LogP contribution is -2.20. The Labute approximate surface area is 136 Å². The van der Waals surface area contributed by atoms with Crippen LogP contribution in [0.5, 0.6) is 0 Å². The molecule has 2 saturated heterocycles. The summed E-state index contributed by atoms with van der Waals surface area (Å²) in [5, 5.41) is 0. The van der Waals surface area contributed by atoms with E-state index in [1.807, 2.05) is 0 Å². The molecule has 0 saturated carbocycles. The standard InChI is InChI=1S/2C7H16NOP.CH4/c2*1-6(9-2)7-3-4-8(10)5-7;/h2*6-7H,3-5,10H2,1-2H3;1H4/t6-,7+;6-,7-;/m10./s1. The van der Waals surface area contributed by atoms with Crippen molar-refractivity contribution in [3.63, 3.8) is 0 Å². The number of rotatable bonds is 4. The molecule has 0 amide bonds. The Morgan fingerprint density at radius 3 is 1.38 bits per heavy atom. The van der Waals surface area contributed by atoms with Gasteiger partial charge in [-0.3, -0.25) is 9.34 Å². The van der Waals surface area contributed by atoms with Gasteiger partial charge in [0, 0.05) is 40.4 Å². The third kappa shape index (κ3) is 7.68. The van der Waals surface area contributed by atoms with E-state index in [0.717, 1.165) is 11.8 Å². The maximum absolute atomic E-state index is 5.25. The summed E-state index contributed by atoms with van der Waals surface area (Å²) in [6.45, 7) is 9.02. The highest BCUT2D eigenvalue weighted by molar-refractivity contribution is 7.13. The molecule has 2 aliphatic heterocycles. The fourth-order valence-corrected chi connectivity index (χ4v) is 3.62. The molecule has 2 unspecified atom stereocenters. The van der Waals surface area contributed by atoms with E-state index in [1.165, 1.54) is 39.0 Å². The number of nitrogens with zero attached hydrogens (tertiary/aromatic N) is 2. The summed E-state index contributed by atoms with van der Waals surface area (Å²) < 4.78 is 15.0. The van der Waals surface area contributed by atoms with Crippen molar-refractivity contribution in [2.45, 2.75) is 46.3 Å². The first-order valence-electron chi connectivity index (χ1n) is 7.52. The Kier molecular flexibility index (Phi) is 11.6. The van der Waals surface area contributed by atoms with E-state index < -0.39 is 0 Å².